The van der Waals surface area contributed by atoms with Crippen LogP contribution in [0.2, 0.25) is 0 Å². The third kappa shape index (κ3) is 4.58. The van der Waals surface area contributed by atoms with Gasteiger partial charge in [-0.3, -0.25) is 4.79 Å². The molecule has 2 aromatic carbocycles. The normalized spacial score (nSPS) is 11.4. The van der Waals surface area contributed by atoms with Crippen molar-refractivity contribution in [2.75, 3.05) is 30.3 Å². The molecule has 6 nitrogen and oxygen atoms in total. The number of aryl methyl sites for hydroxylation is 2. The molecule has 0 aromatic heterocycles. The number of carbonyl (C=O) groups excluding carboxylic acids is 1. The van der Waals surface area contributed by atoms with Crippen LogP contribution in [-0.2, 0) is 15.0 Å². The maximum Gasteiger partial charge on any atom is 0.304 e. The molecule has 1 amide bonds. The number of rotatable bonds is 6. The molecule has 0 unspecified atom stereocenters. The molecule has 0 bridgehead atoms. The number of hydrogen-bond donors (Lipinski definition) is 1. The first-order valence-electron chi connectivity index (χ1n) is 7.84. The number of hydrogen-bond acceptors (Lipinski definition) is 3. The Hall–Kier alpha value is -2.38. The van der Waals surface area contributed by atoms with Crippen LogP contribution in [0.5, 0.6) is 0 Å². The van der Waals surface area contributed by atoms with Crippen LogP contribution >= 0.6 is 0 Å². The van der Waals surface area contributed by atoms with Gasteiger partial charge in [0.15, 0.2) is 0 Å². The standard InChI is InChI=1S/C18H23N3O3S/c1-14-10-11-15(2)17(12-14)21(25(23,24)20(3)4)13-18(22)19-16-8-6-5-7-9-16/h5-12H,13H2,1-4H3,(H,19,22). The quantitative estimate of drug-likeness (QED) is 0.860. The minimum atomic E-state index is -3.81. The Morgan fingerprint density at radius 1 is 1.04 bits per heavy atom. The second kappa shape index (κ2) is 7.67. The summed E-state index contributed by atoms with van der Waals surface area (Å²) in [5.74, 6) is -0.405. The molecule has 0 fully saturated rings. The minimum Gasteiger partial charge on any atom is -0.325 e. The Morgan fingerprint density at radius 2 is 1.68 bits per heavy atom. The average Bonchev–Trinajstić information content (AvgIpc) is 2.55. The highest BCUT2D eigenvalue weighted by molar-refractivity contribution is 7.90. The van der Waals surface area contributed by atoms with Gasteiger partial charge in [-0.25, -0.2) is 4.31 Å². The van der Waals surface area contributed by atoms with Gasteiger partial charge in [-0.1, -0.05) is 30.3 Å². The molecule has 2 rings (SSSR count). The first-order valence-corrected chi connectivity index (χ1v) is 9.24. The van der Waals surface area contributed by atoms with Crippen molar-refractivity contribution in [3.63, 3.8) is 0 Å². The Labute approximate surface area is 149 Å². The Kier molecular flexibility index (Phi) is 5.81. The summed E-state index contributed by atoms with van der Waals surface area (Å²) in [7, 11) is -0.919. The second-order valence-corrected chi connectivity index (χ2v) is 8.07. The van der Waals surface area contributed by atoms with Crippen molar-refractivity contribution in [2.24, 2.45) is 0 Å². The topological polar surface area (TPSA) is 69.7 Å². The van der Waals surface area contributed by atoms with Crippen LogP contribution in [0.15, 0.2) is 48.5 Å². The largest absolute Gasteiger partial charge is 0.325 e. The zero-order valence-electron chi connectivity index (χ0n) is 14.9. The van der Waals surface area contributed by atoms with E-state index in [1.54, 1.807) is 30.3 Å². The van der Waals surface area contributed by atoms with E-state index in [-0.39, 0.29) is 6.54 Å². The van der Waals surface area contributed by atoms with Gasteiger partial charge < -0.3 is 5.32 Å². The van der Waals surface area contributed by atoms with Gasteiger partial charge in [-0.15, -0.1) is 0 Å². The molecule has 1 N–H and O–H groups in total. The lowest BCUT2D eigenvalue weighted by atomic mass is 10.1. The van der Waals surface area contributed by atoms with Gasteiger partial charge in [0, 0.05) is 19.8 Å². The maximum atomic E-state index is 12.8. The second-order valence-electron chi connectivity index (χ2n) is 6.00. The number of para-hydroxylation sites is 1. The number of nitrogens with one attached hydrogen (secondary N) is 1. The molecule has 25 heavy (non-hydrogen) atoms. The molecule has 0 saturated heterocycles. The van der Waals surface area contributed by atoms with Gasteiger partial charge in [0.25, 0.3) is 0 Å². The molecule has 0 saturated carbocycles. The fourth-order valence-corrected chi connectivity index (χ4v) is 3.45. The lowest BCUT2D eigenvalue weighted by Crippen LogP contribution is -2.44. The first-order chi connectivity index (χ1) is 11.7. The summed E-state index contributed by atoms with van der Waals surface area (Å²) in [5.41, 5.74) is 2.82. The van der Waals surface area contributed by atoms with Crippen LogP contribution in [0, 0.1) is 13.8 Å². The van der Waals surface area contributed by atoms with E-state index in [1.165, 1.54) is 14.1 Å². The van der Waals surface area contributed by atoms with E-state index in [9.17, 15) is 13.2 Å². The van der Waals surface area contributed by atoms with Crippen molar-refractivity contribution in [1.29, 1.82) is 0 Å². The average molecular weight is 361 g/mol. The summed E-state index contributed by atoms with van der Waals surface area (Å²) in [4.78, 5) is 12.4. The number of anilines is 2. The molecule has 134 valence electrons. The van der Waals surface area contributed by atoms with Crippen molar-refractivity contribution in [3.05, 3.63) is 59.7 Å². The van der Waals surface area contributed by atoms with E-state index in [0.29, 0.717) is 11.4 Å². The van der Waals surface area contributed by atoms with E-state index >= 15 is 0 Å². The summed E-state index contributed by atoms with van der Waals surface area (Å²) >= 11 is 0. The first kappa shape index (κ1) is 19.0. The molecule has 7 heteroatoms. The van der Waals surface area contributed by atoms with Gasteiger partial charge in [0.2, 0.25) is 5.91 Å². The van der Waals surface area contributed by atoms with Gasteiger partial charge in [-0.2, -0.15) is 12.7 Å². The number of nitrogens with zero attached hydrogens (tertiary/aromatic N) is 2. The van der Waals surface area contributed by atoms with Crippen LogP contribution in [-0.4, -0.2) is 39.3 Å². The SMILES string of the molecule is Cc1ccc(C)c(N(CC(=O)Nc2ccccc2)S(=O)(=O)N(C)C)c1. The fraction of sp³-hybridized carbons (Fsp3) is 0.278. The monoisotopic (exact) mass is 361 g/mol. The van der Waals surface area contributed by atoms with Crippen molar-refractivity contribution in [2.45, 2.75) is 13.8 Å². The van der Waals surface area contributed by atoms with Crippen LogP contribution in [0.4, 0.5) is 11.4 Å². The van der Waals surface area contributed by atoms with Crippen molar-refractivity contribution in [1.82, 2.24) is 4.31 Å². The third-order valence-corrected chi connectivity index (χ3v) is 5.52. The van der Waals surface area contributed by atoms with Crippen molar-refractivity contribution < 1.29 is 13.2 Å². The predicted octanol–water partition coefficient (Wildman–Crippen LogP) is 2.55. The number of benzene rings is 2. The predicted molar refractivity (Wildman–Crippen MR) is 101 cm³/mol. The molecule has 0 aliphatic rings. The molecule has 0 radical (unpaired) electrons. The lowest BCUT2D eigenvalue weighted by Gasteiger charge is -2.28. The van der Waals surface area contributed by atoms with Gasteiger partial charge in [0.05, 0.1) is 5.69 Å². The summed E-state index contributed by atoms with van der Waals surface area (Å²) in [5, 5.41) is 2.72. The summed E-state index contributed by atoms with van der Waals surface area (Å²) < 4.78 is 27.7. The lowest BCUT2D eigenvalue weighted by molar-refractivity contribution is -0.114. The van der Waals surface area contributed by atoms with E-state index in [2.05, 4.69) is 5.32 Å². The van der Waals surface area contributed by atoms with Crippen LogP contribution < -0.4 is 9.62 Å². The highest BCUT2D eigenvalue weighted by atomic mass is 32.2. The van der Waals surface area contributed by atoms with E-state index in [1.807, 2.05) is 32.0 Å². The Balaban J connectivity index is 2.36. The zero-order valence-corrected chi connectivity index (χ0v) is 15.7. The molecular weight excluding hydrogens is 338 g/mol. The zero-order chi connectivity index (χ0) is 18.6. The number of amides is 1. The molecule has 0 atom stereocenters. The molecule has 0 aliphatic carbocycles. The molecule has 0 aliphatic heterocycles. The van der Waals surface area contributed by atoms with Crippen LogP contribution in [0.25, 0.3) is 0 Å². The molecular formula is C18H23N3O3S. The highest BCUT2D eigenvalue weighted by Crippen LogP contribution is 2.25. The van der Waals surface area contributed by atoms with E-state index in [4.69, 9.17) is 0 Å². The Bertz CT molecular complexity index is 849. The highest BCUT2D eigenvalue weighted by Gasteiger charge is 2.28. The van der Waals surface area contributed by atoms with E-state index in [0.717, 1.165) is 19.7 Å². The van der Waals surface area contributed by atoms with Crippen LogP contribution in [0.1, 0.15) is 11.1 Å². The van der Waals surface area contributed by atoms with Crippen molar-refractivity contribution in [3.8, 4) is 0 Å². The Morgan fingerprint density at radius 3 is 2.28 bits per heavy atom. The minimum absolute atomic E-state index is 0.306. The third-order valence-electron chi connectivity index (χ3n) is 3.72. The van der Waals surface area contributed by atoms with E-state index < -0.39 is 16.1 Å². The fourth-order valence-electron chi connectivity index (χ4n) is 2.33. The van der Waals surface area contributed by atoms with Gasteiger partial charge >= 0.3 is 10.2 Å². The van der Waals surface area contributed by atoms with Crippen LogP contribution in [0.3, 0.4) is 0 Å². The summed E-state index contributed by atoms with van der Waals surface area (Å²) in [6.45, 7) is 3.40. The molecule has 0 heterocycles. The smallest absolute Gasteiger partial charge is 0.304 e. The van der Waals surface area contributed by atoms with Gasteiger partial charge in [-0.05, 0) is 43.2 Å². The molecule has 2 aromatic rings. The molecule has 0 spiro atoms. The summed E-state index contributed by atoms with van der Waals surface area (Å²) in [6.07, 6.45) is 0. The van der Waals surface area contributed by atoms with Gasteiger partial charge in [0.1, 0.15) is 6.54 Å². The summed E-state index contributed by atoms with van der Waals surface area (Å²) in [6, 6.07) is 14.5. The number of carbonyl (C=O) groups is 1. The van der Waals surface area contributed by atoms with Crippen molar-refractivity contribution >= 4 is 27.5 Å². The maximum absolute atomic E-state index is 12.8.